The van der Waals surface area contributed by atoms with Gasteiger partial charge in [-0.3, -0.25) is 9.59 Å². The van der Waals surface area contributed by atoms with E-state index in [9.17, 15) is 9.59 Å². The number of pyridine rings is 1. The topological polar surface area (TPSA) is 53.2 Å². The minimum atomic E-state index is -0.251. The fourth-order valence-electron chi connectivity index (χ4n) is 3.65. The summed E-state index contributed by atoms with van der Waals surface area (Å²) in [7, 11) is 0. The smallest absolute Gasteiger partial charge is 0.255 e. The van der Waals surface area contributed by atoms with Crippen LogP contribution < -0.4 is 5.56 Å². The normalized spacial score (nSPS) is 15.8. The average molecular weight is 322 g/mol. The first-order valence-corrected chi connectivity index (χ1v) is 8.19. The fraction of sp³-hybridized carbons (Fsp3) is 0.300. The number of H-pyrrole nitrogens is 1. The van der Waals surface area contributed by atoms with Gasteiger partial charge in [-0.1, -0.05) is 30.4 Å². The molecule has 24 heavy (non-hydrogen) atoms. The standard InChI is InChI=1S/C20H22N2O2/c1-4-9-20(10-5-2)11-12-22(20)19(24)16-13-17(23)21-18-14(3)7-6-8-15(16)18/h4-8,13H,1-2,9-12H2,3H3,(H,21,23). The van der Waals surface area contributed by atoms with Crippen molar-refractivity contribution in [3.63, 3.8) is 0 Å². The zero-order chi connectivity index (χ0) is 17.3. The highest BCUT2D eigenvalue weighted by atomic mass is 16.2. The molecule has 1 aliphatic heterocycles. The third kappa shape index (κ3) is 2.48. The summed E-state index contributed by atoms with van der Waals surface area (Å²) in [5.41, 5.74) is 1.64. The third-order valence-electron chi connectivity index (χ3n) is 4.98. The number of aryl methyl sites for hydroxylation is 1. The van der Waals surface area contributed by atoms with Crippen molar-refractivity contribution in [2.75, 3.05) is 6.54 Å². The highest BCUT2D eigenvalue weighted by Crippen LogP contribution is 2.39. The van der Waals surface area contributed by atoms with Crippen LogP contribution in [0.4, 0.5) is 0 Å². The summed E-state index contributed by atoms with van der Waals surface area (Å²) in [5.74, 6) is -0.0911. The SMILES string of the molecule is C=CCC1(CC=C)CCN1C(=O)c1cc(=O)[nH]c2c(C)cccc12. The zero-order valence-electron chi connectivity index (χ0n) is 14.0. The number of benzene rings is 1. The predicted molar refractivity (Wildman–Crippen MR) is 97.3 cm³/mol. The number of nitrogens with one attached hydrogen (secondary N) is 1. The van der Waals surface area contributed by atoms with Crippen LogP contribution in [0.25, 0.3) is 10.9 Å². The Kier molecular flexibility index (Phi) is 4.14. The second-order valence-electron chi connectivity index (χ2n) is 6.46. The molecule has 124 valence electrons. The van der Waals surface area contributed by atoms with Crippen molar-refractivity contribution in [2.24, 2.45) is 0 Å². The Morgan fingerprint density at radius 1 is 1.33 bits per heavy atom. The van der Waals surface area contributed by atoms with E-state index in [4.69, 9.17) is 0 Å². The number of carbonyl (C=O) groups is 1. The number of aromatic nitrogens is 1. The van der Waals surface area contributed by atoms with Crippen LogP contribution in [0.3, 0.4) is 0 Å². The van der Waals surface area contributed by atoms with E-state index in [0.29, 0.717) is 12.1 Å². The van der Waals surface area contributed by atoms with Crippen molar-refractivity contribution < 1.29 is 4.79 Å². The lowest BCUT2D eigenvalue weighted by atomic mass is 9.78. The summed E-state index contributed by atoms with van der Waals surface area (Å²) in [5, 5.41) is 0.789. The zero-order valence-corrected chi connectivity index (χ0v) is 14.0. The van der Waals surface area contributed by atoms with Gasteiger partial charge in [-0.05, 0) is 31.7 Å². The van der Waals surface area contributed by atoms with Crippen LogP contribution in [-0.4, -0.2) is 27.9 Å². The number of nitrogens with zero attached hydrogens (tertiary/aromatic N) is 1. The second-order valence-corrected chi connectivity index (χ2v) is 6.46. The van der Waals surface area contributed by atoms with Crippen LogP contribution in [-0.2, 0) is 0 Å². The first-order chi connectivity index (χ1) is 11.5. The van der Waals surface area contributed by atoms with Crippen molar-refractivity contribution in [1.29, 1.82) is 0 Å². The number of fused-ring (bicyclic) bond motifs is 1. The summed E-state index contributed by atoms with van der Waals surface area (Å²) in [6.45, 7) is 10.3. The Bertz CT molecular complexity index is 869. The molecule has 0 radical (unpaired) electrons. The van der Waals surface area contributed by atoms with Gasteiger partial charge in [0.25, 0.3) is 5.91 Å². The van der Waals surface area contributed by atoms with Gasteiger partial charge in [0.05, 0.1) is 16.6 Å². The first-order valence-electron chi connectivity index (χ1n) is 8.19. The van der Waals surface area contributed by atoms with Crippen molar-refractivity contribution in [3.05, 3.63) is 71.1 Å². The van der Waals surface area contributed by atoms with E-state index < -0.39 is 0 Å². The summed E-state index contributed by atoms with van der Waals surface area (Å²) in [6, 6.07) is 7.13. The van der Waals surface area contributed by atoms with Gasteiger partial charge >= 0.3 is 0 Å². The number of aromatic amines is 1. The van der Waals surface area contributed by atoms with E-state index in [2.05, 4.69) is 18.1 Å². The molecule has 2 heterocycles. The largest absolute Gasteiger partial charge is 0.332 e. The molecule has 1 aromatic heterocycles. The number of carbonyl (C=O) groups excluding carboxylic acids is 1. The molecule has 1 amide bonds. The van der Waals surface area contributed by atoms with E-state index >= 15 is 0 Å². The summed E-state index contributed by atoms with van der Waals surface area (Å²) >= 11 is 0. The van der Waals surface area contributed by atoms with E-state index in [1.807, 2.05) is 42.2 Å². The molecular weight excluding hydrogens is 300 g/mol. The Hall–Kier alpha value is -2.62. The molecule has 0 bridgehead atoms. The lowest BCUT2D eigenvalue weighted by Gasteiger charge is -2.52. The van der Waals surface area contributed by atoms with Gasteiger partial charge in [0.15, 0.2) is 0 Å². The number of hydrogen-bond acceptors (Lipinski definition) is 2. The van der Waals surface area contributed by atoms with Crippen LogP contribution in [0.15, 0.2) is 54.4 Å². The molecule has 3 rings (SSSR count). The predicted octanol–water partition coefficient (Wildman–Crippen LogP) is 3.57. The monoisotopic (exact) mass is 322 g/mol. The quantitative estimate of drug-likeness (QED) is 0.856. The number of likely N-dealkylation sites (tertiary alicyclic amines) is 1. The number of para-hydroxylation sites is 1. The van der Waals surface area contributed by atoms with Gasteiger partial charge in [-0.25, -0.2) is 0 Å². The molecule has 1 aliphatic rings. The van der Waals surface area contributed by atoms with Crippen LogP contribution in [0, 0.1) is 6.92 Å². The number of rotatable bonds is 5. The molecule has 4 nitrogen and oxygen atoms in total. The number of hydrogen-bond donors (Lipinski definition) is 1. The highest BCUT2D eigenvalue weighted by Gasteiger charge is 2.45. The van der Waals surface area contributed by atoms with Gasteiger partial charge < -0.3 is 9.88 Å². The molecular formula is C20H22N2O2. The van der Waals surface area contributed by atoms with E-state index in [1.54, 1.807) is 0 Å². The summed E-state index contributed by atoms with van der Waals surface area (Å²) in [4.78, 5) is 29.9. The molecule has 1 saturated heterocycles. The molecule has 1 fully saturated rings. The molecule has 4 heteroatoms. The van der Waals surface area contributed by atoms with Gasteiger partial charge in [0.1, 0.15) is 0 Å². The van der Waals surface area contributed by atoms with E-state index in [0.717, 1.165) is 35.7 Å². The molecule has 0 spiro atoms. The van der Waals surface area contributed by atoms with Crippen molar-refractivity contribution in [2.45, 2.75) is 31.7 Å². The van der Waals surface area contributed by atoms with Gasteiger partial charge in [0.2, 0.25) is 5.56 Å². The Balaban J connectivity index is 2.09. The lowest BCUT2D eigenvalue weighted by Crippen LogP contribution is -2.61. The minimum Gasteiger partial charge on any atom is -0.332 e. The maximum absolute atomic E-state index is 13.2. The van der Waals surface area contributed by atoms with Crippen molar-refractivity contribution in [3.8, 4) is 0 Å². The maximum atomic E-state index is 13.2. The Morgan fingerprint density at radius 2 is 2.04 bits per heavy atom. The lowest BCUT2D eigenvalue weighted by molar-refractivity contribution is 0.000136. The van der Waals surface area contributed by atoms with Crippen LogP contribution >= 0.6 is 0 Å². The molecule has 0 atom stereocenters. The molecule has 0 saturated carbocycles. The minimum absolute atomic E-state index is 0.0911. The number of amides is 1. The maximum Gasteiger partial charge on any atom is 0.255 e. The van der Waals surface area contributed by atoms with Gasteiger partial charge in [0, 0.05) is 18.0 Å². The second kappa shape index (κ2) is 6.11. The van der Waals surface area contributed by atoms with Crippen LogP contribution in [0.1, 0.15) is 35.2 Å². The fourth-order valence-corrected chi connectivity index (χ4v) is 3.65. The Morgan fingerprint density at radius 3 is 2.62 bits per heavy atom. The van der Waals surface area contributed by atoms with Crippen LogP contribution in [0.2, 0.25) is 0 Å². The van der Waals surface area contributed by atoms with Crippen molar-refractivity contribution >= 4 is 16.8 Å². The van der Waals surface area contributed by atoms with Crippen LogP contribution in [0.5, 0.6) is 0 Å². The molecule has 1 aromatic carbocycles. The molecule has 0 aliphatic carbocycles. The summed E-state index contributed by atoms with van der Waals surface area (Å²) < 4.78 is 0. The Labute approximate surface area is 141 Å². The average Bonchev–Trinajstić information content (AvgIpc) is 2.53. The van der Waals surface area contributed by atoms with Gasteiger partial charge in [-0.15, -0.1) is 13.2 Å². The third-order valence-corrected chi connectivity index (χ3v) is 4.98. The molecule has 1 N–H and O–H groups in total. The van der Waals surface area contributed by atoms with Crippen molar-refractivity contribution in [1.82, 2.24) is 9.88 Å². The molecule has 0 unspecified atom stereocenters. The van der Waals surface area contributed by atoms with E-state index in [-0.39, 0.29) is 17.0 Å². The van der Waals surface area contributed by atoms with Gasteiger partial charge in [-0.2, -0.15) is 0 Å². The van der Waals surface area contributed by atoms with E-state index in [1.165, 1.54) is 6.07 Å². The highest BCUT2D eigenvalue weighted by molar-refractivity contribution is 6.07. The first kappa shape index (κ1) is 16.2. The molecule has 2 aromatic rings. The summed E-state index contributed by atoms with van der Waals surface area (Å²) in [6.07, 6.45) is 6.08.